The summed E-state index contributed by atoms with van der Waals surface area (Å²) in [6, 6.07) is 9.17. The Hall–Kier alpha value is -2.11. The molecule has 2 aromatic rings. The number of fused-ring (bicyclic) bond motifs is 1. The van der Waals surface area contributed by atoms with Crippen LogP contribution in [0.4, 0.5) is 13.2 Å². The summed E-state index contributed by atoms with van der Waals surface area (Å²) in [7, 11) is 0. The van der Waals surface area contributed by atoms with Crippen molar-refractivity contribution < 1.29 is 13.2 Å². The molecule has 20 heavy (non-hydrogen) atoms. The number of hydrogen-bond donors (Lipinski definition) is 0. The van der Waals surface area contributed by atoms with E-state index < -0.39 is 12.6 Å². The second-order valence-corrected chi connectivity index (χ2v) is 4.60. The monoisotopic (exact) mass is 279 g/mol. The van der Waals surface area contributed by atoms with Gasteiger partial charge in [0.05, 0.1) is 6.04 Å². The van der Waals surface area contributed by atoms with Crippen molar-refractivity contribution in [1.82, 2.24) is 14.8 Å². The highest BCUT2D eigenvalue weighted by atomic mass is 19.3. The van der Waals surface area contributed by atoms with E-state index in [-0.39, 0.29) is 24.1 Å². The first-order valence-electron chi connectivity index (χ1n) is 6.27. The average Bonchev–Trinajstić information content (AvgIpc) is 2.98. The summed E-state index contributed by atoms with van der Waals surface area (Å²) in [5, 5.41) is 4.12. The lowest BCUT2D eigenvalue weighted by Crippen LogP contribution is -2.07. The largest absolute Gasteiger partial charge is 0.257 e. The second-order valence-electron chi connectivity index (χ2n) is 4.60. The predicted octanol–water partition coefficient (Wildman–Crippen LogP) is 3.56. The molecule has 0 N–H and O–H groups in total. The molecule has 3 rings (SSSR count). The number of halogens is 3. The van der Waals surface area contributed by atoms with Crippen molar-refractivity contribution in [2.45, 2.75) is 25.1 Å². The topological polar surface area (TPSA) is 30.7 Å². The van der Waals surface area contributed by atoms with Crippen molar-refractivity contribution in [3.05, 3.63) is 53.6 Å². The highest BCUT2D eigenvalue weighted by molar-refractivity contribution is 5.40. The first-order valence-corrected chi connectivity index (χ1v) is 6.27. The molecule has 2 atom stereocenters. The van der Waals surface area contributed by atoms with Crippen LogP contribution in [0.2, 0.25) is 0 Å². The molecule has 3 nitrogen and oxygen atoms in total. The Morgan fingerprint density at radius 3 is 2.70 bits per heavy atom. The first kappa shape index (κ1) is 12.9. The Morgan fingerprint density at radius 2 is 2.00 bits per heavy atom. The highest BCUT2D eigenvalue weighted by Gasteiger charge is 2.34. The third-order valence-electron chi connectivity index (χ3n) is 3.25. The Morgan fingerprint density at radius 1 is 1.25 bits per heavy atom. The van der Waals surface area contributed by atoms with Crippen molar-refractivity contribution in [1.29, 1.82) is 0 Å². The summed E-state index contributed by atoms with van der Waals surface area (Å²) in [6.45, 7) is 0. The molecule has 6 heteroatoms. The summed E-state index contributed by atoms with van der Waals surface area (Å²) >= 11 is 0. The zero-order valence-electron chi connectivity index (χ0n) is 10.5. The fourth-order valence-corrected chi connectivity index (χ4v) is 2.38. The lowest BCUT2D eigenvalue weighted by molar-refractivity contribution is 0.205. The van der Waals surface area contributed by atoms with Gasteiger partial charge in [0.1, 0.15) is 0 Å². The number of hydrogen-bond acceptors (Lipinski definition) is 2. The summed E-state index contributed by atoms with van der Waals surface area (Å²) in [5.41, 5.74) is 0.934. The van der Waals surface area contributed by atoms with Crippen LogP contribution in [0.15, 0.2) is 36.4 Å². The van der Waals surface area contributed by atoms with Gasteiger partial charge < -0.3 is 0 Å². The van der Waals surface area contributed by atoms with Crippen LogP contribution in [-0.4, -0.2) is 21.2 Å². The fourth-order valence-electron chi connectivity index (χ4n) is 2.38. The van der Waals surface area contributed by atoms with E-state index >= 15 is 0 Å². The van der Waals surface area contributed by atoms with E-state index in [1.54, 1.807) is 0 Å². The van der Waals surface area contributed by atoms with Crippen LogP contribution >= 0.6 is 0 Å². The van der Waals surface area contributed by atoms with Gasteiger partial charge in [0.25, 0.3) is 6.43 Å². The average molecular weight is 279 g/mol. The van der Waals surface area contributed by atoms with Crippen LogP contribution in [0.1, 0.15) is 35.8 Å². The Kier molecular flexibility index (Phi) is 3.30. The molecule has 2 unspecified atom stereocenters. The number of benzene rings is 1. The lowest BCUT2D eigenvalue weighted by Gasteiger charge is -2.11. The Balaban J connectivity index is 1.94. The number of allylic oxidation sites excluding steroid dienone is 1. The van der Waals surface area contributed by atoms with Gasteiger partial charge in [0.2, 0.25) is 0 Å². The fraction of sp³-hybridized carbons (Fsp3) is 0.286. The predicted molar refractivity (Wildman–Crippen MR) is 68.1 cm³/mol. The van der Waals surface area contributed by atoms with Crippen LogP contribution in [0.3, 0.4) is 0 Å². The van der Waals surface area contributed by atoms with Gasteiger partial charge in [-0.05, 0) is 17.7 Å². The van der Waals surface area contributed by atoms with Gasteiger partial charge in [-0.1, -0.05) is 30.3 Å². The van der Waals surface area contributed by atoms with E-state index in [4.69, 9.17) is 0 Å². The van der Waals surface area contributed by atoms with Crippen LogP contribution < -0.4 is 0 Å². The molecule has 0 aliphatic carbocycles. The lowest BCUT2D eigenvalue weighted by atomic mass is 10.0. The van der Waals surface area contributed by atoms with Crippen LogP contribution in [0.25, 0.3) is 6.08 Å². The minimum Gasteiger partial charge on any atom is -0.239 e. The SMILES string of the molecule is FC(F)/C=C/c1nc2n(n1)C(c1ccccc1)CC2F. The number of rotatable bonds is 3. The van der Waals surface area contributed by atoms with E-state index in [1.165, 1.54) is 4.68 Å². The molecule has 1 aromatic heterocycles. The van der Waals surface area contributed by atoms with E-state index in [2.05, 4.69) is 10.1 Å². The van der Waals surface area contributed by atoms with Gasteiger partial charge in [0, 0.05) is 6.42 Å². The van der Waals surface area contributed by atoms with Gasteiger partial charge in [-0.2, -0.15) is 5.10 Å². The smallest absolute Gasteiger partial charge is 0.239 e. The van der Waals surface area contributed by atoms with E-state index in [0.717, 1.165) is 11.6 Å². The van der Waals surface area contributed by atoms with Crippen molar-refractivity contribution in [2.75, 3.05) is 0 Å². The molecule has 0 radical (unpaired) electrons. The van der Waals surface area contributed by atoms with Crippen molar-refractivity contribution in [3.8, 4) is 0 Å². The normalized spacial score (nSPS) is 21.8. The standard InChI is InChI=1S/C14H12F3N3/c15-10-8-11(9-4-2-1-3-5-9)20-14(10)18-13(19-20)7-6-12(16)17/h1-7,10-12H,8H2/b7-6+. The van der Waals surface area contributed by atoms with Crippen molar-refractivity contribution in [3.63, 3.8) is 0 Å². The zero-order valence-corrected chi connectivity index (χ0v) is 10.5. The molecule has 1 aromatic carbocycles. The summed E-state index contributed by atoms with van der Waals surface area (Å²) in [5.74, 6) is 0.316. The molecule has 0 bridgehead atoms. The van der Waals surface area contributed by atoms with Crippen molar-refractivity contribution >= 4 is 6.08 Å². The van der Waals surface area contributed by atoms with Gasteiger partial charge in [-0.25, -0.2) is 22.8 Å². The van der Waals surface area contributed by atoms with Gasteiger partial charge >= 0.3 is 0 Å². The van der Waals surface area contributed by atoms with E-state index in [1.807, 2.05) is 30.3 Å². The van der Waals surface area contributed by atoms with Crippen LogP contribution in [-0.2, 0) is 0 Å². The minimum absolute atomic E-state index is 0.114. The van der Waals surface area contributed by atoms with Gasteiger partial charge in [0.15, 0.2) is 17.8 Å². The minimum atomic E-state index is -2.57. The molecule has 2 heterocycles. The molecular formula is C14H12F3N3. The maximum atomic E-state index is 14.0. The second kappa shape index (κ2) is 5.11. The quantitative estimate of drug-likeness (QED) is 0.860. The zero-order chi connectivity index (χ0) is 14.1. The summed E-state index contributed by atoms with van der Waals surface area (Å²) in [4.78, 5) is 3.98. The number of aromatic nitrogens is 3. The number of alkyl halides is 3. The third-order valence-corrected chi connectivity index (χ3v) is 3.25. The molecule has 1 aliphatic rings. The maximum Gasteiger partial charge on any atom is 0.257 e. The third kappa shape index (κ3) is 2.33. The highest BCUT2D eigenvalue weighted by Crippen LogP contribution is 2.39. The molecule has 1 aliphatic heterocycles. The summed E-state index contributed by atoms with van der Waals surface area (Å²) < 4.78 is 39.7. The van der Waals surface area contributed by atoms with Gasteiger partial charge in [-0.3, -0.25) is 0 Å². The van der Waals surface area contributed by atoms with Crippen LogP contribution in [0, 0.1) is 0 Å². The molecule has 104 valence electrons. The molecular weight excluding hydrogens is 267 g/mol. The Bertz CT molecular complexity index is 622. The maximum absolute atomic E-state index is 14.0. The van der Waals surface area contributed by atoms with Gasteiger partial charge in [-0.15, -0.1) is 0 Å². The van der Waals surface area contributed by atoms with Crippen molar-refractivity contribution in [2.24, 2.45) is 0 Å². The molecule has 0 fully saturated rings. The summed E-state index contributed by atoms with van der Waals surface area (Å²) in [6.07, 6.45) is -1.71. The van der Waals surface area contributed by atoms with E-state index in [9.17, 15) is 13.2 Å². The number of nitrogens with zero attached hydrogens (tertiary/aromatic N) is 3. The van der Waals surface area contributed by atoms with E-state index in [0.29, 0.717) is 6.08 Å². The van der Waals surface area contributed by atoms with Crippen LogP contribution in [0.5, 0.6) is 0 Å². The molecule has 0 amide bonds. The molecule has 0 saturated carbocycles. The molecule has 0 saturated heterocycles. The first-order chi connectivity index (χ1) is 9.65. The Labute approximate surface area is 113 Å². The molecule has 0 spiro atoms.